The molecular formula is C25H25N3O4S. The molecule has 0 unspecified atom stereocenters. The van der Waals surface area contributed by atoms with Gasteiger partial charge in [0.1, 0.15) is 18.1 Å². The van der Waals surface area contributed by atoms with Crippen LogP contribution in [-0.4, -0.2) is 43.4 Å². The van der Waals surface area contributed by atoms with Gasteiger partial charge in [-0.1, -0.05) is 41.7 Å². The monoisotopic (exact) mass is 463 g/mol. The number of ether oxygens (including phenoxy) is 3. The van der Waals surface area contributed by atoms with Gasteiger partial charge < -0.3 is 19.3 Å². The number of anilines is 2. The summed E-state index contributed by atoms with van der Waals surface area (Å²) < 4.78 is 17.4. The first kappa shape index (κ1) is 22.7. The average Bonchev–Trinajstić information content (AvgIpc) is 3.27. The smallest absolute Gasteiger partial charge is 0.211 e. The van der Waals surface area contributed by atoms with E-state index < -0.39 is 0 Å². The second-order valence-corrected chi connectivity index (χ2v) is 8.14. The first-order chi connectivity index (χ1) is 16.2. The molecule has 0 saturated carbocycles. The molecule has 1 N–H and O–H groups in total. The molecule has 0 spiro atoms. The number of hydrogen-bond donors (Lipinski definition) is 1. The maximum Gasteiger partial charge on any atom is 0.211 e. The average molecular weight is 464 g/mol. The molecule has 4 aromatic rings. The number of fused-ring (bicyclic) bond motifs is 1. The third-order valence-corrected chi connectivity index (χ3v) is 5.81. The van der Waals surface area contributed by atoms with E-state index in [2.05, 4.69) is 6.07 Å². The molecule has 4 rings (SSSR count). The minimum absolute atomic E-state index is 0.0655. The van der Waals surface area contributed by atoms with E-state index in [-0.39, 0.29) is 20.0 Å². The highest BCUT2D eigenvalue weighted by molar-refractivity contribution is 7.22. The molecule has 0 aliphatic carbocycles. The van der Waals surface area contributed by atoms with Crippen LogP contribution in [0.2, 0.25) is 0 Å². The van der Waals surface area contributed by atoms with E-state index >= 15 is 0 Å². The minimum Gasteiger partial charge on any atom is -0.491 e. The lowest BCUT2D eigenvalue weighted by Crippen LogP contribution is -2.11. The molecule has 0 fully saturated rings. The molecule has 7 nitrogen and oxygen atoms in total. The van der Waals surface area contributed by atoms with Crippen molar-refractivity contribution < 1.29 is 19.3 Å². The molecule has 0 saturated heterocycles. The molecule has 1 aromatic heterocycles. The van der Waals surface area contributed by atoms with E-state index in [4.69, 9.17) is 29.4 Å². The summed E-state index contributed by atoms with van der Waals surface area (Å²) in [7, 11) is 1.57. The van der Waals surface area contributed by atoms with Gasteiger partial charge in [-0.05, 0) is 48.9 Å². The van der Waals surface area contributed by atoms with E-state index in [1.54, 1.807) is 36.8 Å². The van der Waals surface area contributed by atoms with Crippen molar-refractivity contribution in [1.82, 2.24) is 4.98 Å². The second kappa shape index (κ2) is 10.9. The van der Waals surface area contributed by atoms with Gasteiger partial charge in [0.05, 0.1) is 28.7 Å². The molecular weight excluding hydrogens is 438 g/mol. The van der Waals surface area contributed by atoms with Crippen LogP contribution < -0.4 is 14.5 Å². The number of methoxy groups -OCH3 is 1. The Morgan fingerprint density at radius 3 is 2.67 bits per heavy atom. The number of aromatic nitrogens is 1. The summed E-state index contributed by atoms with van der Waals surface area (Å²) in [6.45, 7) is 2.29. The van der Waals surface area contributed by atoms with E-state index in [9.17, 15) is 0 Å². The van der Waals surface area contributed by atoms with E-state index in [0.29, 0.717) is 17.1 Å². The first-order valence-corrected chi connectivity index (χ1v) is 11.3. The van der Waals surface area contributed by atoms with Crippen LogP contribution in [0, 0.1) is 6.92 Å². The third kappa shape index (κ3) is 5.48. The van der Waals surface area contributed by atoms with Crippen LogP contribution in [0.3, 0.4) is 0 Å². The summed E-state index contributed by atoms with van der Waals surface area (Å²) in [5, 5.41) is 16.5. The number of hydrogen-bond acceptors (Lipinski definition) is 8. The zero-order valence-electron chi connectivity index (χ0n) is 18.5. The Morgan fingerprint density at radius 1 is 1.06 bits per heavy atom. The SMILES string of the molecule is COCOc1ccc(OCCO)cc1C=NN(c1nc2ccccc2s1)c1ccccc1C. The molecule has 0 atom stereocenters. The molecule has 0 bridgehead atoms. The quantitative estimate of drug-likeness (QED) is 0.200. The fourth-order valence-electron chi connectivity index (χ4n) is 3.22. The standard InChI is InChI=1S/C25H25N3O4S/c1-18-7-3-5-9-22(18)28(25-27-21-8-4-6-10-24(21)33-25)26-16-19-15-20(31-14-13-29)11-12-23(19)32-17-30-2/h3-12,15-16,29H,13-14,17H2,1-2H3. The molecule has 0 amide bonds. The molecule has 170 valence electrons. The Bertz CT molecular complexity index is 1210. The summed E-state index contributed by atoms with van der Waals surface area (Å²) >= 11 is 1.57. The fourth-order valence-corrected chi connectivity index (χ4v) is 4.16. The highest BCUT2D eigenvalue weighted by Gasteiger charge is 2.16. The van der Waals surface area contributed by atoms with Crippen molar-refractivity contribution in [3.63, 3.8) is 0 Å². The number of thiazole rings is 1. The lowest BCUT2D eigenvalue weighted by atomic mass is 10.2. The Morgan fingerprint density at radius 2 is 1.88 bits per heavy atom. The van der Waals surface area contributed by atoms with Gasteiger partial charge >= 0.3 is 0 Å². The highest BCUT2D eigenvalue weighted by Crippen LogP contribution is 2.35. The van der Waals surface area contributed by atoms with Gasteiger partial charge in [0, 0.05) is 12.7 Å². The summed E-state index contributed by atoms with van der Waals surface area (Å²) in [5.74, 6) is 1.21. The fraction of sp³-hybridized carbons (Fsp3) is 0.200. The highest BCUT2D eigenvalue weighted by atomic mass is 32.1. The third-order valence-electron chi connectivity index (χ3n) is 4.79. The summed E-state index contributed by atoms with van der Waals surface area (Å²) in [4.78, 5) is 4.80. The number of hydrazone groups is 1. The normalized spacial score (nSPS) is 11.2. The van der Waals surface area contributed by atoms with Crippen LogP contribution in [-0.2, 0) is 4.74 Å². The summed E-state index contributed by atoms with van der Waals surface area (Å²) in [5.41, 5.74) is 3.64. The van der Waals surface area contributed by atoms with E-state index in [0.717, 1.165) is 26.6 Å². The molecule has 0 aliphatic rings. The van der Waals surface area contributed by atoms with Crippen molar-refractivity contribution in [3.05, 3.63) is 77.9 Å². The molecule has 33 heavy (non-hydrogen) atoms. The zero-order chi connectivity index (χ0) is 23.0. The Balaban J connectivity index is 1.75. The lowest BCUT2D eigenvalue weighted by Gasteiger charge is -2.18. The molecule has 0 aliphatic heterocycles. The van der Waals surface area contributed by atoms with Crippen LogP contribution in [0.25, 0.3) is 10.2 Å². The maximum atomic E-state index is 9.08. The van der Waals surface area contributed by atoms with Crippen LogP contribution in [0.5, 0.6) is 11.5 Å². The molecule has 3 aromatic carbocycles. The van der Waals surface area contributed by atoms with Crippen LogP contribution in [0.4, 0.5) is 10.8 Å². The summed E-state index contributed by atoms with van der Waals surface area (Å²) in [6.07, 6.45) is 1.72. The van der Waals surface area contributed by atoms with E-state index in [1.807, 2.05) is 60.5 Å². The number of nitrogens with zero attached hydrogens (tertiary/aromatic N) is 3. The van der Waals surface area contributed by atoms with Gasteiger partial charge in [-0.15, -0.1) is 0 Å². The van der Waals surface area contributed by atoms with Crippen molar-refractivity contribution in [3.8, 4) is 11.5 Å². The first-order valence-electron chi connectivity index (χ1n) is 10.4. The molecule has 0 radical (unpaired) electrons. The molecule has 1 heterocycles. The Kier molecular flexibility index (Phi) is 7.51. The van der Waals surface area contributed by atoms with Gasteiger partial charge in [-0.2, -0.15) is 5.10 Å². The van der Waals surface area contributed by atoms with Crippen molar-refractivity contribution in [2.24, 2.45) is 5.10 Å². The number of benzene rings is 3. The Labute approximate surface area is 196 Å². The zero-order valence-corrected chi connectivity index (χ0v) is 19.3. The second-order valence-electron chi connectivity index (χ2n) is 7.13. The van der Waals surface area contributed by atoms with Crippen molar-refractivity contribution >= 4 is 38.6 Å². The van der Waals surface area contributed by atoms with Crippen molar-refractivity contribution in [1.29, 1.82) is 0 Å². The maximum absolute atomic E-state index is 9.08. The number of rotatable bonds is 10. The van der Waals surface area contributed by atoms with Crippen molar-refractivity contribution in [2.75, 3.05) is 32.1 Å². The number of aliphatic hydroxyl groups is 1. The largest absolute Gasteiger partial charge is 0.491 e. The van der Waals surface area contributed by atoms with Gasteiger partial charge in [0.25, 0.3) is 0 Å². The van der Waals surface area contributed by atoms with Gasteiger partial charge in [0.2, 0.25) is 5.13 Å². The predicted molar refractivity (Wildman–Crippen MR) is 132 cm³/mol. The van der Waals surface area contributed by atoms with Crippen LogP contribution in [0.15, 0.2) is 71.8 Å². The molecule has 8 heteroatoms. The minimum atomic E-state index is -0.0655. The van der Waals surface area contributed by atoms with Gasteiger partial charge in [-0.3, -0.25) is 0 Å². The van der Waals surface area contributed by atoms with Crippen molar-refractivity contribution in [2.45, 2.75) is 6.92 Å². The van der Waals surface area contributed by atoms with E-state index in [1.165, 1.54) is 0 Å². The number of para-hydroxylation sites is 2. The van der Waals surface area contributed by atoms with Crippen LogP contribution in [0.1, 0.15) is 11.1 Å². The Hall–Kier alpha value is -3.46. The predicted octanol–water partition coefficient (Wildman–Crippen LogP) is 5.13. The van der Waals surface area contributed by atoms with Gasteiger partial charge in [-0.25, -0.2) is 9.99 Å². The lowest BCUT2D eigenvalue weighted by molar-refractivity contribution is 0.0510. The summed E-state index contributed by atoms with van der Waals surface area (Å²) in [6, 6.07) is 21.5. The number of aliphatic hydroxyl groups excluding tert-OH is 1. The number of aryl methyl sites for hydroxylation is 1. The topological polar surface area (TPSA) is 76.4 Å². The van der Waals surface area contributed by atoms with Crippen LogP contribution >= 0.6 is 11.3 Å². The van der Waals surface area contributed by atoms with Gasteiger partial charge in [0.15, 0.2) is 6.79 Å².